The quantitative estimate of drug-likeness (QED) is 0.823. The molecule has 1 aromatic carbocycles. The van der Waals surface area contributed by atoms with E-state index in [1.54, 1.807) is 18.2 Å². The highest BCUT2D eigenvalue weighted by Gasteiger charge is 2.45. The molecule has 1 saturated carbocycles. The van der Waals surface area contributed by atoms with Crippen molar-refractivity contribution in [1.29, 1.82) is 0 Å². The molecule has 1 aromatic rings. The number of carbonyl (C=O) groups is 1. The van der Waals surface area contributed by atoms with Crippen molar-refractivity contribution in [3.8, 4) is 0 Å². The van der Waals surface area contributed by atoms with E-state index in [0.29, 0.717) is 6.42 Å². The van der Waals surface area contributed by atoms with Gasteiger partial charge in [0.15, 0.2) is 5.72 Å². The van der Waals surface area contributed by atoms with E-state index in [9.17, 15) is 14.3 Å². The van der Waals surface area contributed by atoms with Gasteiger partial charge in [-0.05, 0) is 25.3 Å². The highest BCUT2D eigenvalue weighted by Crippen LogP contribution is 2.39. The van der Waals surface area contributed by atoms with E-state index in [1.165, 1.54) is 18.1 Å². The molecule has 1 atom stereocenters. The van der Waals surface area contributed by atoms with E-state index >= 15 is 0 Å². The molecule has 0 aromatic heterocycles. The van der Waals surface area contributed by atoms with E-state index in [4.69, 9.17) is 4.74 Å². The molecule has 4 nitrogen and oxygen atoms in total. The Labute approximate surface area is 130 Å². The molecule has 5 heteroatoms. The van der Waals surface area contributed by atoms with Crippen LogP contribution in [0, 0.1) is 5.82 Å². The number of rotatable bonds is 5. The van der Waals surface area contributed by atoms with Crippen molar-refractivity contribution in [2.24, 2.45) is 0 Å². The van der Waals surface area contributed by atoms with Gasteiger partial charge in [0.2, 0.25) is 0 Å². The van der Waals surface area contributed by atoms with Crippen molar-refractivity contribution in [2.45, 2.75) is 57.2 Å². The highest BCUT2D eigenvalue weighted by atomic mass is 19.1. The summed E-state index contributed by atoms with van der Waals surface area (Å²) in [6.45, 7) is 1.83. The van der Waals surface area contributed by atoms with Crippen LogP contribution in [0.2, 0.25) is 0 Å². The first-order valence-corrected chi connectivity index (χ1v) is 7.89. The molecular formula is C17H24FNO3. The van der Waals surface area contributed by atoms with E-state index in [0.717, 1.165) is 32.1 Å². The second kappa shape index (κ2) is 7.09. The average molecular weight is 309 g/mol. The molecule has 0 heterocycles. The first-order valence-electron chi connectivity index (χ1n) is 7.89. The number of hydrogen-bond donors (Lipinski definition) is 1. The molecule has 0 spiro atoms. The van der Waals surface area contributed by atoms with Crippen LogP contribution in [-0.2, 0) is 10.5 Å². The number of amides is 1. The Bertz CT molecular complexity index is 510. The SMILES string of the molecule is CC[C@@](OC)(c1ccccc1F)N(C(=O)O)C1CCCCC1. The van der Waals surface area contributed by atoms with Gasteiger partial charge in [-0.3, -0.25) is 4.90 Å². The minimum absolute atomic E-state index is 0.134. The fourth-order valence-corrected chi connectivity index (χ4v) is 3.57. The molecule has 0 saturated heterocycles. The molecule has 122 valence electrons. The first-order chi connectivity index (χ1) is 10.6. The third-order valence-corrected chi connectivity index (χ3v) is 4.65. The van der Waals surface area contributed by atoms with Gasteiger partial charge in [-0.15, -0.1) is 0 Å². The van der Waals surface area contributed by atoms with Gasteiger partial charge in [0.1, 0.15) is 5.82 Å². The maximum absolute atomic E-state index is 14.3. The highest BCUT2D eigenvalue weighted by molar-refractivity contribution is 5.67. The van der Waals surface area contributed by atoms with Crippen LogP contribution in [0.25, 0.3) is 0 Å². The lowest BCUT2D eigenvalue weighted by Gasteiger charge is -2.46. The smallest absolute Gasteiger partial charge is 0.410 e. The Balaban J connectivity index is 2.50. The molecule has 1 aliphatic rings. The summed E-state index contributed by atoms with van der Waals surface area (Å²) in [5.41, 5.74) is -0.993. The standard InChI is InChI=1S/C17H24FNO3/c1-3-17(22-2,14-11-7-8-12-15(14)18)19(16(20)21)13-9-5-4-6-10-13/h7-8,11-13H,3-6,9-10H2,1-2H3,(H,20,21)/t17-/m1/s1. The third-order valence-electron chi connectivity index (χ3n) is 4.65. The Hall–Kier alpha value is -1.62. The van der Waals surface area contributed by atoms with Gasteiger partial charge in [-0.2, -0.15) is 0 Å². The summed E-state index contributed by atoms with van der Waals surface area (Å²) in [7, 11) is 1.45. The monoisotopic (exact) mass is 309 g/mol. The van der Waals surface area contributed by atoms with Crippen molar-refractivity contribution in [2.75, 3.05) is 7.11 Å². The van der Waals surface area contributed by atoms with Crippen molar-refractivity contribution in [3.05, 3.63) is 35.6 Å². The van der Waals surface area contributed by atoms with Crippen LogP contribution < -0.4 is 0 Å². The number of hydrogen-bond acceptors (Lipinski definition) is 2. The maximum atomic E-state index is 14.3. The van der Waals surface area contributed by atoms with E-state index in [1.807, 2.05) is 6.92 Å². The van der Waals surface area contributed by atoms with Gasteiger partial charge >= 0.3 is 6.09 Å². The number of nitrogens with zero attached hydrogens (tertiary/aromatic N) is 1. The molecule has 2 rings (SSSR count). The fraction of sp³-hybridized carbons (Fsp3) is 0.588. The zero-order valence-corrected chi connectivity index (χ0v) is 13.2. The largest absolute Gasteiger partial charge is 0.465 e. The van der Waals surface area contributed by atoms with Gasteiger partial charge in [0.05, 0.1) is 0 Å². The molecule has 1 amide bonds. The Kier molecular flexibility index (Phi) is 5.40. The van der Waals surface area contributed by atoms with E-state index in [-0.39, 0.29) is 11.6 Å². The summed E-state index contributed by atoms with van der Waals surface area (Å²) < 4.78 is 20.0. The summed E-state index contributed by atoms with van der Waals surface area (Å²) in [4.78, 5) is 13.3. The number of methoxy groups -OCH3 is 1. The fourth-order valence-electron chi connectivity index (χ4n) is 3.57. The van der Waals surface area contributed by atoms with Gasteiger partial charge < -0.3 is 9.84 Å². The summed E-state index contributed by atoms with van der Waals surface area (Å²) in [5.74, 6) is -0.437. The predicted octanol–water partition coefficient (Wildman–Crippen LogP) is 4.35. The van der Waals surface area contributed by atoms with E-state index in [2.05, 4.69) is 0 Å². The topological polar surface area (TPSA) is 49.8 Å². The normalized spacial score (nSPS) is 18.7. The van der Waals surface area contributed by atoms with Gasteiger partial charge in [0.25, 0.3) is 0 Å². The Morgan fingerprint density at radius 1 is 1.36 bits per heavy atom. The van der Waals surface area contributed by atoms with Crippen molar-refractivity contribution in [1.82, 2.24) is 4.90 Å². The number of carboxylic acid groups (broad SMARTS) is 1. The molecule has 0 bridgehead atoms. The van der Waals surface area contributed by atoms with Crippen LogP contribution in [0.15, 0.2) is 24.3 Å². The van der Waals surface area contributed by atoms with Gasteiger partial charge in [0, 0.05) is 18.7 Å². The van der Waals surface area contributed by atoms with Crippen molar-refractivity contribution >= 4 is 6.09 Å². The zero-order chi connectivity index (χ0) is 16.2. The van der Waals surface area contributed by atoms with Crippen LogP contribution in [0.1, 0.15) is 51.0 Å². The maximum Gasteiger partial charge on any atom is 0.410 e. The molecule has 1 aliphatic carbocycles. The third kappa shape index (κ3) is 2.95. The number of ether oxygens (including phenoxy) is 1. The summed E-state index contributed by atoms with van der Waals surface area (Å²) >= 11 is 0. The lowest BCUT2D eigenvalue weighted by atomic mass is 9.89. The summed E-state index contributed by atoms with van der Waals surface area (Å²) in [6.07, 6.45) is 4.00. The number of halogens is 1. The molecular weight excluding hydrogens is 285 g/mol. The van der Waals surface area contributed by atoms with Crippen LogP contribution in [0.3, 0.4) is 0 Å². The van der Waals surface area contributed by atoms with Crippen LogP contribution in [-0.4, -0.2) is 29.3 Å². The Morgan fingerprint density at radius 3 is 2.50 bits per heavy atom. The minimum atomic E-state index is -1.28. The lowest BCUT2D eigenvalue weighted by Crippen LogP contribution is -2.55. The van der Waals surface area contributed by atoms with Crippen LogP contribution >= 0.6 is 0 Å². The van der Waals surface area contributed by atoms with Crippen LogP contribution in [0.4, 0.5) is 9.18 Å². The predicted molar refractivity (Wildman–Crippen MR) is 82.1 cm³/mol. The molecule has 0 unspecified atom stereocenters. The van der Waals surface area contributed by atoms with E-state index < -0.39 is 17.6 Å². The lowest BCUT2D eigenvalue weighted by molar-refractivity contribution is -0.151. The Morgan fingerprint density at radius 2 is 2.00 bits per heavy atom. The number of benzene rings is 1. The van der Waals surface area contributed by atoms with Gasteiger partial charge in [-0.1, -0.05) is 44.4 Å². The summed E-state index contributed by atoms with van der Waals surface area (Å²) in [5, 5.41) is 9.80. The first kappa shape index (κ1) is 16.7. The van der Waals surface area contributed by atoms with Crippen molar-refractivity contribution < 1.29 is 19.0 Å². The zero-order valence-electron chi connectivity index (χ0n) is 13.2. The van der Waals surface area contributed by atoms with Crippen LogP contribution in [0.5, 0.6) is 0 Å². The molecule has 1 N–H and O–H groups in total. The molecule has 0 aliphatic heterocycles. The molecule has 1 fully saturated rings. The van der Waals surface area contributed by atoms with Crippen molar-refractivity contribution in [3.63, 3.8) is 0 Å². The second-order valence-corrected chi connectivity index (χ2v) is 5.77. The molecule has 0 radical (unpaired) electrons. The molecule has 22 heavy (non-hydrogen) atoms. The second-order valence-electron chi connectivity index (χ2n) is 5.77. The summed E-state index contributed by atoms with van der Waals surface area (Å²) in [6, 6.07) is 6.13. The minimum Gasteiger partial charge on any atom is -0.465 e. The average Bonchev–Trinajstić information content (AvgIpc) is 2.54. The van der Waals surface area contributed by atoms with Gasteiger partial charge in [-0.25, -0.2) is 9.18 Å².